The monoisotopic (exact) mass is 530 g/mol. The normalized spacial score (nSPS) is 17.0. The minimum Gasteiger partial charge on any atom is -0.361 e. The van der Waals surface area contributed by atoms with Crippen molar-refractivity contribution in [2.45, 2.75) is 33.2 Å². The van der Waals surface area contributed by atoms with E-state index in [1.54, 1.807) is 6.07 Å². The molecule has 1 unspecified atom stereocenters. The van der Waals surface area contributed by atoms with Crippen LogP contribution in [-0.2, 0) is 6.42 Å². The van der Waals surface area contributed by atoms with Crippen molar-refractivity contribution in [2.75, 3.05) is 52.4 Å². The Morgan fingerprint density at radius 2 is 1.97 bits per heavy atom. The molecular weight excluding hydrogens is 494 g/mol. The molecule has 6 nitrogen and oxygen atoms in total. The average Bonchev–Trinajstić information content (AvgIpc) is 3.13. The summed E-state index contributed by atoms with van der Waals surface area (Å²) >= 11 is 0. The largest absolute Gasteiger partial charge is 0.361 e. The molecule has 0 amide bonds. The predicted molar refractivity (Wildman–Crippen MR) is 135 cm³/mol. The second-order valence-corrected chi connectivity index (χ2v) is 7.72. The minimum atomic E-state index is -0.212. The number of nitrogens with one attached hydrogen (secondary N) is 3. The quantitative estimate of drug-likeness (QED) is 0.279. The molecule has 2 aromatic rings. The van der Waals surface area contributed by atoms with Gasteiger partial charge in [0, 0.05) is 62.4 Å². The summed E-state index contributed by atoms with van der Waals surface area (Å²) in [6.07, 6.45) is 2.82. The topological polar surface area (TPSA) is 58.7 Å². The maximum atomic E-state index is 13.3. The van der Waals surface area contributed by atoms with Gasteiger partial charge in [-0.05, 0) is 50.6 Å². The van der Waals surface area contributed by atoms with Gasteiger partial charge in [-0.3, -0.25) is 9.89 Å². The van der Waals surface area contributed by atoms with E-state index >= 15 is 0 Å². The Bertz CT molecular complexity index is 800. The van der Waals surface area contributed by atoms with Crippen molar-refractivity contribution in [1.82, 2.24) is 25.4 Å². The molecule has 3 rings (SSSR count). The highest BCUT2D eigenvalue weighted by Gasteiger charge is 2.19. The van der Waals surface area contributed by atoms with Gasteiger partial charge in [0.1, 0.15) is 5.82 Å². The number of H-pyrrole nitrogens is 1. The summed E-state index contributed by atoms with van der Waals surface area (Å²) in [7, 11) is 0. The zero-order chi connectivity index (χ0) is 20.6. The van der Waals surface area contributed by atoms with Gasteiger partial charge >= 0.3 is 0 Å². The van der Waals surface area contributed by atoms with Crippen LogP contribution in [0.4, 0.5) is 4.39 Å². The third-order valence-electron chi connectivity index (χ3n) is 5.75. The highest BCUT2D eigenvalue weighted by molar-refractivity contribution is 14.0. The first-order valence-electron chi connectivity index (χ1n) is 10.8. The molecule has 1 fully saturated rings. The zero-order valence-electron chi connectivity index (χ0n) is 18.4. The van der Waals surface area contributed by atoms with Crippen LogP contribution in [0.5, 0.6) is 0 Å². The highest BCUT2D eigenvalue weighted by Crippen LogP contribution is 2.19. The molecule has 1 aliphatic rings. The van der Waals surface area contributed by atoms with Crippen LogP contribution < -0.4 is 10.6 Å². The van der Waals surface area contributed by atoms with Crippen LogP contribution in [0.3, 0.4) is 0 Å². The Balaban J connectivity index is 0.00000320. The fourth-order valence-corrected chi connectivity index (χ4v) is 3.88. The molecule has 1 saturated heterocycles. The predicted octanol–water partition coefficient (Wildman–Crippen LogP) is 3.05. The molecule has 8 heteroatoms. The van der Waals surface area contributed by atoms with E-state index in [4.69, 9.17) is 4.99 Å². The third kappa shape index (κ3) is 6.81. The summed E-state index contributed by atoms with van der Waals surface area (Å²) in [5, 5.41) is 7.85. The van der Waals surface area contributed by atoms with E-state index in [1.807, 2.05) is 12.3 Å². The fourth-order valence-electron chi connectivity index (χ4n) is 3.88. The first kappa shape index (κ1) is 24.9. The smallest absolute Gasteiger partial charge is 0.191 e. The van der Waals surface area contributed by atoms with Gasteiger partial charge in [0.05, 0.1) is 6.54 Å². The number of benzene rings is 1. The van der Waals surface area contributed by atoms with E-state index in [-0.39, 0.29) is 29.8 Å². The molecule has 0 saturated carbocycles. The van der Waals surface area contributed by atoms with Crippen LogP contribution in [0.1, 0.15) is 26.3 Å². The van der Waals surface area contributed by atoms with Crippen molar-refractivity contribution in [3.05, 3.63) is 35.8 Å². The first-order chi connectivity index (χ1) is 14.1. The number of rotatable bonds is 8. The van der Waals surface area contributed by atoms with Crippen molar-refractivity contribution < 1.29 is 4.39 Å². The van der Waals surface area contributed by atoms with Crippen molar-refractivity contribution in [3.8, 4) is 0 Å². The Morgan fingerprint density at radius 1 is 1.20 bits per heavy atom. The zero-order valence-corrected chi connectivity index (χ0v) is 20.7. The maximum absolute atomic E-state index is 13.3. The number of nitrogens with zero attached hydrogens (tertiary/aromatic N) is 3. The van der Waals surface area contributed by atoms with Crippen LogP contribution in [0.15, 0.2) is 29.4 Å². The SMILES string of the molecule is CCNC(=NCC(C)N1CCN(CC)CC1)NCCc1c[nH]c2cc(F)ccc12.I. The lowest BCUT2D eigenvalue weighted by Gasteiger charge is -2.37. The minimum absolute atomic E-state index is 0. The standard InChI is InChI=1S/C22H35FN6.HI/c1-4-24-22(27-15-17(3)29-12-10-28(5-2)11-13-29)25-9-8-18-16-26-21-14-19(23)6-7-20(18)21;/h6-7,14,16-17,26H,4-5,8-13,15H2,1-3H3,(H2,24,25,27);1H. The third-order valence-corrected chi connectivity index (χ3v) is 5.75. The summed E-state index contributed by atoms with van der Waals surface area (Å²) in [6.45, 7) is 14.7. The number of aromatic amines is 1. The van der Waals surface area contributed by atoms with Crippen molar-refractivity contribution in [1.29, 1.82) is 0 Å². The number of aromatic nitrogens is 1. The molecule has 1 atom stereocenters. The van der Waals surface area contributed by atoms with Gasteiger partial charge in [-0.2, -0.15) is 0 Å². The molecule has 168 valence electrons. The summed E-state index contributed by atoms with van der Waals surface area (Å²) < 4.78 is 13.3. The maximum Gasteiger partial charge on any atom is 0.191 e. The van der Waals surface area contributed by atoms with E-state index < -0.39 is 0 Å². The molecule has 1 aromatic heterocycles. The Morgan fingerprint density at radius 3 is 2.67 bits per heavy atom. The number of halogens is 2. The number of piperazine rings is 1. The number of aliphatic imine (C=N–C) groups is 1. The first-order valence-corrected chi connectivity index (χ1v) is 10.8. The van der Waals surface area contributed by atoms with E-state index in [1.165, 1.54) is 11.6 Å². The summed E-state index contributed by atoms with van der Waals surface area (Å²) in [5.41, 5.74) is 2.03. The lowest BCUT2D eigenvalue weighted by molar-refractivity contribution is 0.109. The second-order valence-electron chi connectivity index (χ2n) is 7.72. The van der Waals surface area contributed by atoms with Gasteiger partial charge < -0.3 is 20.5 Å². The van der Waals surface area contributed by atoms with E-state index in [0.717, 1.165) is 75.6 Å². The van der Waals surface area contributed by atoms with Gasteiger partial charge in [0.15, 0.2) is 5.96 Å². The van der Waals surface area contributed by atoms with Crippen LogP contribution in [-0.4, -0.2) is 79.1 Å². The molecule has 2 heterocycles. The molecule has 0 bridgehead atoms. The highest BCUT2D eigenvalue weighted by atomic mass is 127. The molecule has 0 radical (unpaired) electrons. The van der Waals surface area contributed by atoms with Crippen LogP contribution in [0.2, 0.25) is 0 Å². The van der Waals surface area contributed by atoms with Crippen LogP contribution in [0, 0.1) is 5.82 Å². The second kappa shape index (κ2) is 12.5. The van der Waals surface area contributed by atoms with Crippen LogP contribution >= 0.6 is 24.0 Å². The van der Waals surface area contributed by atoms with Gasteiger partial charge in [0.25, 0.3) is 0 Å². The molecule has 1 aromatic carbocycles. The van der Waals surface area contributed by atoms with E-state index in [0.29, 0.717) is 6.04 Å². The van der Waals surface area contributed by atoms with Gasteiger partial charge in [-0.1, -0.05) is 6.92 Å². The van der Waals surface area contributed by atoms with E-state index in [2.05, 4.69) is 46.2 Å². The Kier molecular flexibility index (Phi) is 10.3. The van der Waals surface area contributed by atoms with Gasteiger partial charge in [0.2, 0.25) is 0 Å². The van der Waals surface area contributed by atoms with Gasteiger partial charge in [-0.25, -0.2) is 4.39 Å². The molecule has 0 spiro atoms. The number of hydrogen-bond donors (Lipinski definition) is 3. The Hall–Kier alpha value is -1.39. The lowest BCUT2D eigenvalue weighted by Crippen LogP contribution is -2.50. The van der Waals surface area contributed by atoms with Crippen molar-refractivity contribution >= 4 is 40.8 Å². The Labute approximate surface area is 196 Å². The number of fused-ring (bicyclic) bond motifs is 1. The molecule has 1 aliphatic heterocycles. The summed E-state index contributed by atoms with van der Waals surface area (Å²) in [4.78, 5) is 13.0. The van der Waals surface area contributed by atoms with Crippen LogP contribution in [0.25, 0.3) is 10.9 Å². The molecular formula is C22H36FIN6. The molecule has 3 N–H and O–H groups in total. The number of guanidine groups is 1. The van der Waals surface area contributed by atoms with E-state index in [9.17, 15) is 4.39 Å². The molecule has 0 aliphatic carbocycles. The fraction of sp³-hybridized carbons (Fsp3) is 0.591. The molecule has 30 heavy (non-hydrogen) atoms. The van der Waals surface area contributed by atoms with Gasteiger partial charge in [-0.15, -0.1) is 24.0 Å². The number of likely N-dealkylation sites (N-methyl/N-ethyl adjacent to an activating group) is 1. The van der Waals surface area contributed by atoms with Crippen molar-refractivity contribution in [2.24, 2.45) is 4.99 Å². The number of hydrogen-bond acceptors (Lipinski definition) is 3. The summed E-state index contributed by atoms with van der Waals surface area (Å²) in [6, 6.07) is 5.34. The van der Waals surface area contributed by atoms with Crippen molar-refractivity contribution in [3.63, 3.8) is 0 Å². The average molecular weight is 530 g/mol. The summed E-state index contributed by atoms with van der Waals surface area (Å²) in [5.74, 6) is 0.647. The lowest BCUT2D eigenvalue weighted by atomic mass is 10.1.